The Morgan fingerprint density at radius 1 is 0.759 bits per heavy atom. The molecule has 29 heavy (non-hydrogen) atoms. The largest absolute Gasteiger partial charge is 0.465 e. The Hall–Kier alpha value is -3.02. The van der Waals surface area contributed by atoms with Crippen LogP contribution in [-0.2, 0) is 4.74 Å². The van der Waals surface area contributed by atoms with Gasteiger partial charge in [0, 0.05) is 44.8 Å². The summed E-state index contributed by atoms with van der Waals surface area (Å²) in [4.78, 5) is 31.3. The molecule has 2 aliphatic rings. The average molecular weight is 393 g/mol. The van der Waals surface area contributed by atoms with Crippen molar-refractivity contribution < 1.29 is 14.3 Å². The molecule has 2 saturated heterocycles. The van der Waals surface area contributed by atoms with E-state index >= 15 is 0 Å². The van der Waals surface area contributed by atoms with Crippen LogP contribution in [-0.4, -0.2) is 63.2 Å². The third-order valence-electron chi connectivity index (χ3n) is 5.77. The summed E-state index contributed by atoms with van der Waals surface area (Å²) in [5, 5.41) is 0. The van der Waals surface area contributed by atoms with Crippen molar-refractivity contribution in [2.45, 2.75) is 12.8 Å². The normalized spacial score (nSPS) is 16.8. The Kier molecular flexibility index (Phi) is 5.69. The van der Waals surface area contributed by atoms with Crippen LogP contribution in [0.3, 0.4) is 0 Å². The first kappa shape index (κ1) is 19.3. The lowest BCUT2D eigenvalue weighted by Crippen LogP contribution is -2.49. The second-order valence-corrected chi connectivity index (χ2v) is 7.53. The molecule has 0 atom stereocenters. The van der Waals surface area contributed by atoms with Gasteiger partial charge in [-0.3, -0.25) is 4.79 Å². The molecule has 2 aliphatic heterocycles. The van der Waals surface area contributed by atoms with Crippen molar-refractivity contribution >= 4 is 23.3 Å². The molecule has 0 saturated carbocycles. The van der Waals surface area contributed by atoms with Crippen LogP contribution in [0.25, 0.3) is 0 Å². The van der Waals surface area contributed by atoms with E-state index in [4.69, 9.17) is 4.74 Å². The molecule has 0 radical (unpaired) electrons. The predicted octanol–water partition coefficient (Wildman–Crippen LogP) is 3.04. The Morgan fingerprint density at radius 2 is 1.41 bits per heavy atom. The molecular formula is C23H27N3O3. The van der Waals surface area contributed by atoms with Gasteiger partial charge in [0.25, 0.3) is 5.91 Å². The number of carbonyl (C=O) groups is 2. The van der Waals surface area contributed by atoms with E-state index in [1.165, 1.54) is 20.0 Å². The van der Waals surface area contributed by atoms with Crippen LogP contribution in [0, 0.1) is 0 Å². The molecule has 0 bridgehead atoms. The van der Waals surface area contributed by atoms with E-state index in [0.717, 1.165) is 43.1 Å². The van der Waals surface area contributed by atoms with Gasteiger partial charge in [-0.25, -0.2) is 4.79 Å². The number of anilines is 2. The Bertz CT molecular complexity index is 870. The fourth-order valence-electron chi connectivity index (χ4n) is 4.16. The van der Waals surface area contributed by atoms with Crippen LogP contribution in [0.5, 0.6) is 0 Å². The van der Waals surface area contributed by atoms with Crippen molar-refractivity contribution in [1.29, 1.82) is 0 Å². The quantitative estimate of drug-likeness (QED) is 0.748. The minimum atomic E-state index is -0.310. The van der Waals surface area contributed by atoms with Crippen LogP contribution in [0.2, 0.25) is 0 Å². The van der Waals surface area contributed by atoms with Gasteiger partial charge >= 0.3 is 5.97 Å². The molecule has 1 amide bonds. The van der Waals surface area contributed by atoms with Crippen molar-refractivity contribution in [2.75, 3.05) is 56.2 Å². The lowest BCUT2D eigenvalue weighted by Gasteiger charge is -2.38. The van der Waals surface area contributed by atoms with Crippen LogP contribution >= 0.6 is 0 Å². The van der Waals surface area contributed by atoms with Gasteiger partial charge in [0.1, 0.15) is 0 Å². The predicted molar refractivity (Wildman–Crippen MR) is 114 cm³/mol. The van der Waals surface area contributed by atoms with E-state index in [9.17, 15) is 9.59 Å². The van der Waals surface area contributed by atoms with Crippen LogP contribution < -0.4 is 9.80 Å². The molecule has 152 valence electrons. The van der Waals surface area contributed by atoms with E-state index in [-0.39, 0.29) is 11.9 Å². The number of rotatable bonds is 4. The van der Waals surface area contributed by atoms with E-state index in [1.54, 1.807) is 0 Å². The van der Waals surface area contributed by atoms with E-state index in [1.807, 2.05) is 53.4 Å². The number of benzene rings is 2. The SMILES string of the molecule is COC(=O)c1ccc(N2CCN(C(=O)c3ccccc3)CC2)c(N2CCCC2)c1. The summed E-state index contributed by atoms with van der Waals surface area (Å²) in [5.74, 6) is -0.221. The van der Waals surface area contributed by atoms with Crippen molar-refractivity contribution in [1.82, 2.24) is 4.90 Å². The first-order chi connectivity index (χ1) is 14.2. The molecule has 4 rings (SSSR count). The van der Waals surface area contributed by atoms with Gasteiger partial charge in [-0.15, -0.1) is 0 Å². The standard InChI is InChI=1S/C23H27N3O3/c1-29-23(28)19-9-10-20(21(17-19)24-11-5-6-12-24)25-13-15-26(16-14-25)22(27)18-7-3-2-4-8-18/h2-4,7-10,17H,5-6,11-16H2,1H3. The molecule has 2 aromatic carbocycles. The first-order valence-corrected chi connectivity index (χ1v) is 10.2. The summed E-state index contributed by atoms with van der Waals surface area (Å²) in [6.45, 7) is 4.93. The summed E-state index contributed by atoms with van der Waals surface area (Å²) in [5.41, 5.74) is 3.54. The van der Waals surface area contributed by atoms with Gasteiger partial charge in [0.2, 0.25) is 0 Å². The Morgan fingerprint density at radius 3 is 2.07 bits per heavy atom. The van der Waals surface area contributed by atoms with E-state index < -0.39 is 0 Å². The molecule has 6 nitrogen and oxygen atoms in total. The van der Waals surface area contributed by atoms with Gasteiger partial charge in [-0.05, 0) is 43.2 Å². The number of hydrogen-bond acceptors (Lipinski definition) is 5. The highest BCUT2D eigenvalue weighted by Crippen LogP contribution is 2.34. The lowest BCUT2D eigenvalue weighted by atomic mass is 10.1. The number of esters is 1. The number of hydrogen-bond donors (Lipinski definition) is 0. The summed E-state index contributed by atoms with van der Waals surface area (Å²) >= 11 is 0. The second-order valence-electron chi connectivity index (χ2n) is 7.53. The van der Waals surface area contributed by atoms with Crippen molar-refractivity contribution in [2.24, 2.45) is 0 Å². The molecule has 0 aliphatic carbocycles. The number of ether oxygens (including phenoxy) is 1. The summed E-state index contributed by atoms with van der Waals surface area (Å²) < 4.78 is 4.91. The maximum Gasteiger partial charge on any atom is 0.337 e. The smallest absolute Gasteiger partial charge is 0.337 e. The van der Waals surface area contributed by atoms with E-state index in [0.29, 0.717) is 18.7 Å². The highest BCUT2D eigenvalue weighted by atomic mass is 16.5. The van der Waals surface area contributed by atoms with Crippen LogP contribution in [0.1, 0.15) is 33.6 Å². The number of amides is 1. The zero-order valence-electron chi connectivity index (χ0n) is 16.8. The Balaban J connectivity index is 1.51. The molecule has 0 aromatic heterocycles. The number of methoxy groups -OCH3 is 1. The van der Waals surface area contributed by atoms with Crippen molar-refractivity contribution in [3.63, 3.8) is 0 Å². The van der Waals surface area contributed by atoms with Gasteiger partial charge in [0.15, 0.2) is 0 Å². The fraction of sp³-hybridized carbons (Fsp3) is 0.391. The van der Waals surface area contributed by atoms with Crippen LogP contribution in [0.15, 0.2) is 48.5 Å². The molecule has 2 aromatic rings. The average Bonchev–Trinajstić information content (AvgIpc) is 3.33. The maximum atomic E-state index is 12.7. The molecule has 2 heterocycles. The molecular weight excluding hydrogens is 366 g/mol. The lowest BCUT2D eigenvalue weighted by molar-refractivity contribution is 0.0600. The highest BCUT2D eigenvalue weighted by molar-refractivity contribution is 5.94. The minimum Gasteiger partial charge on any atom is -0.465 e. The molecule has 6 heteroatoms. The molecule has 0 N–H and O–H groups in total. The molecule has 2 fully saturated rings. The number of piperazine rings is 1. The van der Waals surface area contributed by atoms with Crippen LogP contribution in [0.4, 0.5) is 11.4 Å². The maximum absolute atomic E-state index is 12.7. The molecule has 0 spiro atoms. The van der Waals surface area contributed by atoms with Gasteiger partial charge in [-0.1, -0.05) is 18.2 Å². The zero-order valence-corrected chi connectivity index (χ0v) is 16.8. The van der Waals surface area contributed by atoms with Gasteiger partial charge in [-0.2, -0.15) is 0 Å². The van der Waals surface area contributed by atoms with Crippen molar-refractivity contribution in [3.05, 3.63) is 59.7 Å². The first-order valence-electron chi connectivity index (χ1n) is 10.2. The van der Waals surface area contributed by atoms with E-state index in [2.05, 4.69) is 9.80 Å². The second kappa shape index (κ2) is 8.55. The fourth-order valence-corrected chi connectivity index (χ4v) is 4.16. The minimum absolute atomic E-state index is 0.0889. The Labute approximate surface area is 171 Å². The summed E-state index contributed by atoms with van der Waals surface area (Å²) in [7, 11) is 1.41. The third kappa shape index (κ3) is 4.06. The summed E-state index contributed by atoms with van der Waals surface area (Å²) in [6.07, 6.45) is 2.34. The van der Waals surface area contributed by atoms with Gasteiger partial charge < -0.3 is 19.4 Å². The summed E-state index contributed by atoms with van der Waals surface area (Å²) in [6, 6.07) is 15.3. The zero-order chi connectivity index (χ0) is 20.2. The highest BCUT2D eigenvalue weighted by Gasteiger charge is 2.26. The van der Waals surface area contributed by atoms with Gasteiger partial charge in [0.05, 0.1) is 24.0 Å². The topological polar surface area (TPSA) is 53.1 Å². The third-order valence-corrected chi connectivity index (χ3v) is 5.77. The molecule has 0 unspecified atom stereocenters. The number of carbonyl (C=O) groups excluding carboxylic acids is 2. The monoisotopic (exact) mass is 393 g/mol. The van der Waals surface area contributed by atoms with Crippen molar-refractivity contribution in [3.8, 4) is 0 Å². The number of nitrogens with zero attached hydrogens (tertiary/aromatic N) is 3.